The molecule has 102 valence electrons. The molecule has 2 aromatic rings. The molecule has 0 aliphatic rings. The first-order valence-corrected chi connectivity index (χ1v) is 5.81. The molecule has 2 rings (SSSR count). The van der Waals surface area contributed by atoms with Crippen LogP contribution in [0.4, 0.5) is 13.2 Å². The van der Waals surface area contributed by atoms with E-state index in [4.69, 9.17) is 5.11 Å². The van der Waals surface area contributed by atoms with Crippen LogP contribution in [0, 0.1) is 0 Å². The number of aliphatic hydroxyl groups is 1. The Kier molecular flexibility index (Phi) is 3.61. The van der Waals surface area contributed by atoms with Gasteiger partial charge >= 0.3 is 6.18 Å². The molecule has 1 aromatic carbocycles. The van der Waals surface area contributed by atoms with Crippen LogP contribution >= 0.6 is 0 Å². The molecule has 0 saturated carbocycles. The summed E-state index contributed by atoms with van der Waals surface area (Å²) in [6, 6.07) is 4.79. The van der Waals surface area contributed by atoms with Gasteiger partial charge in [0, 0.05) is 11.3 Å². The SMILES string of the molecule is CCc1c(CO)cnn1-c1ccc(C(F)(F)F)cc1. The Morgan fingerprint density at radius 2 is 1.84 bits per heavy atom. The molecule has 0 radical (unpaired) electrons. The highest BCUT2D eigenvalue weighted by Gasteiger charge is 2.30. The van der Waals surface area contributed by atoms with E-state index >= 15 is 0 Å². The van der Waals surface area contributed by atoms with Crippen LogP contribution in [-0.2, 0) is 19.2 Å². The van der Waals surface area contributed by atoms with Crippen molar-refractivity contribution < 1.29 is 18.3 Å². The number of nitrogens with zero attached hydrogens (tertiary/aromatic N) is 2. The molecule has 0 atom stereocenters. The number of aliphatic hydroxyl groups excluding tert-OH is 1. The quantitative estimate of drug-likeness (QED) is 0.931. The summed E-state index contributed by atoms with van der Waals surface area (Å²) < 4.78 is 39.0. The van der Waals surface area contributed by atoms with E-state index in [0.29, 0.717) is 17.7 Å². The van der Waals surface area contributed by atoms with Gasteiger partial charge in [-0.1, -0.05) is 6.92 Å². The topological polar surface area (TPSA) is 38.1 Å². The number of rotatable bonds is 3. The Balaban J connectivity index is 2.40. The lowest BCUT2D eigenvalue weighted by Gasteiger charge is -2.10. The number of halogens is 3. The van der Waals surface area contributed by atoms with Crippen molar-refractivity contribution in [3.8, 4) is 5.69 Å². The molecule has 0 bridgehead atoms. The van der Waals surface area contributed by atoms with Crippen LogP contribution in [0.25, 0.3) is 5.69 Å². The van der Waals surface area contributed by atoms with Crippen LogP contribution in [0.3, 0.4) is 0 Å². The number of hydrogen-bond donors (Lipinski definition) is 1. The van der Waals surface area contributed by atoms with Crippen molar-refractivity contribution in [2.45, 2.75) is 26.1 Å². The van der Waals surface area contributed by atoms with Gasteiger partial charge in [-0.25, -0.2) is 4.68 Å². The molecule has 0 saturated heterocycles. The zero-order valence-electron chi connectivity index (χ0n) is 10.3. The average Bonchev–Trinajstić information content (AvgIpc) is 2.80. The Morgan fingerprint density at radius 1 is 1.21 bits per heavy atom. The normalized spacial score (nSPS) is 11.8. The van der Waals surface area contributed by atoms with Crippen molar-refractivity contribution in [3.05, 3.63) is 47.3 Å². The minimum Gasteiger partial charge on any atom is -0.392 e. The molecular formula is C13H13F3N2O. The van der Waals surface area contributed by atoms with Gasteiger partial charge < -0.3 is 5.11 Å². The minimum absolute atomic E-state index is 0.135. The van der Waals surface area contributed by atoms with Gasteiger partial charge in [0.15, 0.2) is 0 Å². The molecule has 6 heteroatoms. The summed E-state index contributed by atoms with van der Waals surface area (Å²) in [5.74, 6) is 0. The molecular weight excluding hydrogens is 257 g/mol. The molecule has 19 heavy (non-hydrogen) atoms. The van der Waals surface area contributed by atoms with Crippen molar-refractivity contribution in [1.29, 1.82) is 0 Å². The van der Waals surface area contributed by atoms with Gasteiger partial charge in [0.1, 0.15) is 0 Å². The summed E-state index contributed by atoms with van der Waals surface area (Å²) in [5.41, 5.74) is 1.33. The number of benzene rings is 1. The second kappa shape index (κ2) is 5.05. The Bertz CT molecular complexity index is 558. The van der Waals surface area contributed by atoms with Gasteiger partial charge in [0.2, 0.25) is 0 Å². The van der Waals surface area contributed by atoms with E-state index in [0.717, 1.165) is 17.8 Å². The first kappa shape index (κ1) is 13.6. The van der Waals surface area contributed by atoms with Gasteiger partial charge in [0.05, 0.1) is 24.1 Å². The van der Waals surface area contributed by atoms with Crippen LogP contribution in [0.2, 0.25) is 0 Å². The zero-order chi connectivity index (χ0) is 14.0. The summed E-state index contributed by atoms with van der Waals surface area (Å²) in [7, 11) is 0. The molecule has 0 spiro atoms. The highest BCUT2D eigenvalue weighted by molar-refractivity contribution is 5.38. The zero-order valence-corrected chi connectivity index (χ0v) is 10.3. The molecule has 1 aromatic heterocycles. The lowest BCUT2D eigenvalue weighted by molar-refractivity contribution is -0.137. The van der Waals surface area contributed by atoms with Crippen LogP contribution in [-0.4, -0.2) is 14.9 Å². The Labute approximate surface area is 108 Å². The summed E-state index contributed by atoms with van der Waals surface area (Å²) in [4.78, 5) is 0. The maximum atomic E-state index is 12.5. The van der Waals surface area contributed by atoms with Crippen molar-refractivity contribution >= 4 is 0 Å². The predicted molar refractivity (Wildman–Crippen MR) is 63.9 cm³/mol. The first-order valence-electron chi connectivity index (χ1n) is 5.81. The minimum atomic E-state index is -4.34. The standard InChI is InChI=1S/C13H13F3N2O/c1-2-12-9(8-19)7-17-18(12)11-5-3-10(4-6-11)13(14,15)16/h3-7,19H,2,8H2,1H3. The fourth-order valence-corrected chi connectivity index (χ4v) is 1.93. The van der Waals surface area contributed by atoms with Crippen LogP contribution in [0.5, 0.6) is 0 Å². The van der Waals surface area contributed by atoms with Gasteiger partial charge in [-0.2, -0.15) is 18.3 Å². The first-order chi connectivity index (χ1) is 8.97. The molecule has 0 unspecified atom stereocenters. The van der Waals surface area contributed by atoms with Crippen LogP contribution < -0.4 is 0 Å². The van der Waals surface area contributed by atoms with Crippen molar-refractivity contribution in [2.75, 3.05) is 0 Å². The number of alkyl halides is 3. The summed E-state index contributed by atoms with van der Waals surface area (Å²) in [5, 5.41) is 13.3. The highest BCUT2D eigenvalue weighted by atomic mass is 19.4. The maximum absolute atomic E-state index is 12.5. The average molecular weight is 270 g/mol. The fraction of sp³-hybridized carbons (Fsp3) is 0.308. The highest BCUT2D eigenvalue weighted by Crippen LogP contribution is 2.29. The summed E-state index contributed by atoms with van der Waals surface area (Å²) >= 11 is 0. The van der Waals surface area contributed by atoms with Crippen molar-refractivity contribution in [2.24, 2.45) is 0 Å². The molecule has 3 nitrogen and oxygen atoms in total. The molecule has 0 aliphatic heterocycles. The largest absolute Gasteiger partial charge is 0.416 e. The molecule has 1 heterocycles. The third-order valence-corrected chi connectivity index (χ3v) is 2.90. The van der Waals surface area contributed by atoms with E-state index in [-0.39, 0.29) is 6.61 Å². The molecule has 1 N–H and O–H groups in total. The van der Waals surface area contributed by atoms with E-state index in [2.05, 4.69) is 5.10 Å². The molecule has 0 fully saturated rings. The lowest BCUT2D eigenvalue weighted by atomic mass is 10.2. The van der Waals surface area contributed by atoms with E-state index in [9.17, 15) is 13.2 Å². The third kappa shape index (κ3) is 2.63. The second-order valence-corrected chi connectivity index (χ2v) is 4.08. The van der Waals surface area contributed by atoms with Gasteiger partial charge in [-0.05, 0) is 30.7 Å². The molecule has 0 aliphatic carbocycles. The van der Waals surface area contributed by atoms with E-state index in [1.165, 1.54) is 18.3 Å². The van der Waals surface area contributed by atoms with Crippen molar-refractivity contribution in [3.63, 3.8) is 0 Å². The lowest BCUT2D eigenvalue weighted by Crippen LogP contribution is -2.06. The van der Waals surface area contributed by atoms with E-state index in [1.54, 1.807) is 4.68 Å². The van der Waals surface area contributed by atoms with E-state index < -0.39 is 11.7 Å². The summed E-state index contributed by atoms with van der Waals surface area (Å²) in [6.45, 7) is 1.76. The van der Waals surface area contributed by atoms with Crippen LogP contribution in [0.15, 0.2) is 30.5 Å². The van der Waals surface area contributed by atoms with Gasteiger partial charge in [-0.15, -0.1) is 0 Å². The smallest absolute Gasteiger partial charge is 0.392 e. The Hall–Kier alpha value is -1.82. The predicted octanol–water partition coefficient (Wildman–Crippen LogP) is 2.95. The monoisotopic (exact) mass is 270 g/mol. The number of hydrogen-bond acceptors (Lipinski definition) is 2. The maximum Gasteiger partial charge on any atom is 0.416 e. The third-order valence-electron chi connectivity index (χ3n) is 2.90. The van der Waals surface area contributed by atoms with Crippen LogP contribution in [0.1, 0.15) is 23.7 Å². The van der Waals surface area contributed by atoms with E-state index in [1.807, 2.05) is 6.92 Å². The number of aromatic nitrogens is 2. The summed E-state index contributed by atoms with van der Waals surface area (Å²) in [6.07, 6.45) is -2.18. The van der Waals surface area contributed by atoms with Crippen molar-refractivity contribution in [1.82, 2.24) is 9.78 Å². The Morgan fingerprint density at radius 3 is 2.32 bits per heavy atom. The van der Waals surface area contributed by atoms with Gasteiger partial charge in [0.25, 0.3) is 0 Å². The van der Waals surface area contributed by atoms with Gasteiger partial charge in [-0.3, -0.25) is 0 Å². The second-order valence-electron chi connectivity index (χ2n) is 4.08. The molecule has 0 amide bonds. The fourth-order valence-electron chi connectivity index (χ4n) is 1.93.